The highest BCUT2D eigenvalue weighted by atomic mass is 32.1. The maximum absolute atomic E-state index is 14.2. The number of aromatic nitrogens is 1. The second-order valence-corrected chi connectivity index (χ2v) is 10.8. The Morgan fingerprint density at radius 1 is 1.05 bits per heavy atom. The summed E-state index contributed by atoms with van der Waals surface area (Å²) in [5.41, 5.74) is 2.86. The van der Waals surface area contributed by atoms with Gasteiger partial charge in [-0.25, -0.2) is 4.98 Å². The highest BCUT2D eigenvalue weighted by molar-refractivity contribution is 7.17. The summed E-state index contributed by atoms with van der Waals surface area (Å²) in [5.74, 6) is -0.397. The Hall–Kier alpha value is -4.43. The number of aliphatic hydroxyl groups is 1. The van der Waals surface area contributed by atoms with Gasteiger partial charge in [-0.15, -0.1) is 11.3 Å². The van der Waals surface area contributed by atoms with Crippen molar-refractivity contribution in [3.05, 3.63) is 112 Å². The van der Waals surface area contributed by atoms with Gasteiger partial charge in [-0.05, 0) is 44.5 Å². The molecule has 4 aromatic rings. The number of thiazole rings is 1. The van der Waals surface area contributed by atoms with Crippen LogP contribution in [0.1, 0.15) is 46.4 Å². The lowest BCUT2D eigenvalue weighted by atomic mass is 9.94. The number of para-hydroxylation sites is 1. The first-order valence-corrected chi connectivity index (χ1v) is 13.8. The van der Waals surface area contributed by atoms with E-state index >= 15 is 0 Å². The molecular weight excluding hydrogens is 524 g/mol. The van der Waals surface area contributed by atoms with Crippen molar-refractivity contribution >= 4 is 23.0 Å². The third-order valence-corrected chi connectivity index (χ3v) is 7.86. The van der Waals surface area contributed by atoms with Crippen LogP contribution in [0.4, 0.5) is 0 Å². The van der Waals surface area contributed by atoms with Crippen LogP contribution in [0.3, 0.4) is 0 Å². The first-order valence-electron chi connectivity index (χ1n) is 13.0. The molecule has 1 amide bonds. The van der Waals surface area contributed by atoms with Crippen LogP contribution in [-0.4, -0.2) is 39.9 Å². The van der Waals surface area contributed by atoms with Gasteiger partial charge in [-0.2, -0.15) is 0 Å². The molecule has 1 atom stereocenters. The van der Waals surface area contributed by atoms with Crippen LogP contribution < -0.4 is 9.47 Å². The van der Waals surface area contributed by atoms with Crippen molar-refractivity contribution in [1.29, 1.82) is 0 Å². The van der Waals surface area contributed by atoms with Crippen LogP contribution in [0.2, 0.25) is 0 Å². The average molecular weight is 555 g/mol. The fraction of sp³-hybridized carbons (Fsp3) is 0.219. The van der Waals surface area contributed by atoms with Crippen LogP contribution in [0.25, 0.3) is 10.6 Å². The number of hydrogen-bond donors (Lipinski definition) is 1. The normalized spacial score (nSPS) is 15.2. The van der Waals surface area contributed by atoms with E-state index in [-0.39, 0.29) is 18.2 Å². The van der Waals surface area contributed by atoms with E-state index in [1.807, 2.05) is 92.7 Å². The summed E-state index contributed by atoms with van der Waals surface area (Å²) >= 11 is 1.25. The number of carbonyl (C=O) groups excluding carboxylic acids is 2. The molecule has 1 aliphatic heterocycles. The van der Waals surface area contributed by atoms with Crippen LogP contribution in [0.5, 0.6) is 11.5 Å². The predicted octanol–water partition coefficient (Wildman–Crippen LogP) is 6.69. The molecule has 1 aliphatic rings. The molecule has 0 radical (unpaired) electrons. The number of carbonyl (C=O) groups is 2. The van der Waals surface area contributed by atoms with E-state index in [1.165, 1.54) is 16.2 Å². The third-order valence-electron chi connectivity index (χ3n) is 6.65. The lowest BCUT2D eigenvalue weighted by molar-refractivity contribution is -0.130. The van der Waals surface area contributed by atoms with Gasteiger partial charge >= 0.3 is 0 Å². The van der Waals surface area contributed by atoms with Crippen LogP contribution >= 0.6 is 11.3 Å². The summed E-state index contributed by atoms with van der Waals surface area (Å²) < 4.78 is 11.4. The number of methoxy groups -OCH3 is 1. The first kappa shape index (κ1) is 27.1. The Labute approximate surface area is 237 Å². The number of ether oxygens (including phenoxy) is 2. The summed E-state index contributed by atoms with van der Waals surface area (Å²) in [4.78, 5) is 34.3. The van der Waals surface area contributed by atoms with Crippen molar-refractivity contribution in [2.45, 2.75) is 39.5 Å². The molecule has 1 unspecified atom stereocenters. The fourth-order valence-electron chi connectivity index (χ4n) is 4.88. The summed E-state index contributed by atoms with van der Waals surface area (Å²) in [6.45, 7) is 5.75. The molecule has 7 nitrogen and oxygen atoms in total. The van der Waals surface area contributed by atoms with E-state index < -0.39 is 23.5 Å². The summed E-state index contributed by atoms with van der Waals surface area (Å²) in [7, 11) is 1.57. The number of hydrogen-bond acceptors (Lipinski definition) is 7. The number of nitrogens with zero attached hydrogens (tertiary/aromatic N) is 2. The van der Waals surface area contributed by atoms with Gasteiger partial charge in [0.25, 0.3) is 5.91 Å². The monoisotopic (exact) mass is 554 g/mol. The number of amides is 1. The van der Waals surface area contributed by atoms with Gasteiger partial charge in [0.1, 0.15) is 16.5 Å². The Morgan fingerprint density at radius 3 is 2.50 bits per heavy atom. The predicted molar refractivity (Wildman–Crippen MR) is 155 cm³/mol. The Kier molecular flexibility index (Phi) is 7.71. The molecule has 0 fully saturated rings. The number of benzene rings is 3. The second kappa shape index (κ2) is 11.4. The van der Waals surface area contributed by atoms with Gasteiger partial charge in [0.2, 0.25) is 5.78 Å². The maximum Gasteiger partial charge on any atom is 0.290 e. The lowest BCUT2D eigenvalue weighted by Crippen LogP contribution is -2.31. The van der Waals surface area contributed by atoms with Crippen LogP contribution in [0.15, 0.2) is 90.2 Å². The molecule has 0 bridgehead atoms. The largest absolute Gasteiger partial charge is 0.503 e. The van der Waals surface area contributed by atoms with Crippen molar-refractivity contribution in [3.8, 4) is 22.1 Å². The zero-order chi connectivity index (χ0) is 28.4. The molecule has 40 heavy (non-hydrogen) atoms. The summed E-state index contributed by atoms with van der Waals surface area (Å²) in [6, 6.07) is 23.4. The Balaban J connectivity index is 1.60. The third kappa shape index (κ3) is 5.22. The van der Waals surface area contributed by atoms with Gasteiger partial charge in [-0.3, -0.25) is 9.59 Å². The van der Waals surface area contributed by atoms with E-state index in [4.69, 9.17) is 9.47 Å². The van der Waals surface area contributed by atoms with Gasteiger partial charge in [-0.1, -0.05) is 60.7 Å². The maximum atomic E-state index is 14.2. The Bertz CT molecular complexity index is 1590. The molecule has 1 N–H and O–H groups in total. The van der Waals surface area contributed by atoms with Gasteiger partial charge in [0.15, 0.2) is 5.76 Å². The quantitative estimate of drug-likeness (QED) is 0.232. The number of rotatable bonds is 9. The standard InChI is InChI=1S/C32H30N2O5S/c1-19(2)39-24-15-10-14-22(17-24)27-26(28(35)30-20(3)33-31(40-30)21-11-6-5-7-12-21)29(36)32(37)34(27)18-23-13-8-9-16-25(23)38-4/h5-17,19,27,36H,18H2,1-4H3. The fourth-order valence-corrected chi connectivity index (χ4v) is 5.90. The van der Waals surface area contributed by atoms with E-state index in [1.54, 1.807) is 14.0 Å². The highest BCUT2D eigenvalue weighted by Crippen LogP contribution is 2.43. The SMILES string of the molecule is COc1ccccc1CN1C(=O)C(O)=C(C(=O)c2sc(-c3ccccc3)nc2C)C1c1cccc(OC(C)C)c1. The van der Waals surface area contributed by atoms with E-state index in [0.717, 1.165) is 11.1 Å². The van der Waals surface area contributed by atoms with Gasteiger partial charge in [0.05, 0.1) is 41.9 Å². The Morgan fingerprint density at radius 2 is 1.77 bits per heavy atom. The first-order chi connectivity index (χ1) is 19.3. The summed E-state index contributed by atoms with van der Waals surface area (Å²) in [5, 5.41) is 11.9. The lowest BCUT2D eigenvalue weighted by Gasteiger charge is -2.28. The van der Waals surface area contributed by atoms with E-state index in [9.17, 15) is 14.7 Å². The zero-order valence-corrected chi connectivity index (χ0v) is 23.6. The van der Waals surface area contributed by atoms with Crippen molar-refractivity contribution in [3.63, 3.8) is 0 Å². The molecule has 0 saturated carbocycles. The minimum atomic E-state index is -0.845. The number of aryl methyl sites for hydroxylation is 1. The topological polar surface area (TPSA) is 89.0 Å². The van der Waals surface area contributed by atoms with E-state index in [0.29, 0.717) is 32.6 Å². The van der Waals surface area contributed by atoms with E-state index in [2.05, 4.69) is 4.98 Å². The molecule has 204 valence electrons. The molecule has 3 aromatic carbocycles. The van der Waals surface area contributed by atoms with Crippen LogP contribution in [0, 0.1) is 6.92 Å². The second-order valence-electron chi connectivity index (χ2n) is 9.78. The minimum absolute atomic E-state index is 0.0213. The highest BCUT2D eigenvalue weighted by Gasteiger charge is 2.45. The molecular formula is C32H30N2O5S. The molecule has 0 spiro atoms. The molecule has 0 saturated heterocycles. The number of ketones is 1. The molecule has 5 rings (SSSR count). The number of Topliss-reactive ketones (excluding diaryl/α,β-unsaturated/α-hetero) is 1. The summed E-state index contributed by atoms with van der Waals surface area (Å²) in [6.07, 6.45) is -0.0635. The van der Waals surface area contributed by atoms with Crippen LogP contribution in [-0.2, 0) is 11.3 Å². The zero-order valence-electron chi connectivity index (χ0n) is 22.8. The molecule has 2 heterocycles. The van der Waals surface area contributed by atoms with Crippen molar-refractivity contribution in [2.75, 3.05) is 7.11 Å². The van der Waals surface area contributed by atoms with Gasteiger partial charge < -0.3 is 19.5 Å². The smallest absolute Gasteiger partial charge is 0.290 e. The average Bonchev–Trinajstić information content (AvgIpc) is 3.46. The van der Waals surface area contributed by atoms with Crippen molar-refractivity contribution in [1.82, 2.24) is 9.88 Å². The van der Waals surface area contributed by atoms with Crippen molar-refractivity contribution < 1.29 is 24.2 Å². The minimum Gasteiger partial charge on any atom is -0.503 e. The molecule has 1 aromatic heterocycles. The molecule has 0 aliphatic carbocycles. The van der Waals surface area contributed by atoms with Crippen molar-refractivity contribution in [2.24, 2.45) is 0 Å². The molecule has 8 heteroatoms. The number of aliphatic hydroxyl groups excluding tert-OH is 1. The van der Waals surface area contributed by atoms with Gasteiger partial charge in [0, 0.05) is 11.1 Å².